The molecule has 0 spiro atoms. The first-order valence-electron chi connectivity index (χ1n) is 8.48. The average Bonchev–Trinajstić information content (AvgIpc) is 2.92. The quantitative estimate of drug-likeness (QED) is 0.729. The Bertz CT molecular complexity index is 364. The third-order valence-corrected chi connectivity index (χ3v) is 4.39. The van der Waals surface area contributed by atoms with Gasteiger partial charge in [-0.25, -0.2) is 4.98 Å². The number of unbranched alkanes of at least 4 members (excludes halogenated alkanes) is 3. The minimum atomic E-state index is 0.673. The number of aromatic nitrogens is 2. The molecule has 0 aromatic carbocycles. The molecule has 0 radical (unpaired) electrons. The third-order valence-electron chi connectivity index (χ3n) is 4.39. The molecule has 2 heterocycles. The van der Waals surface area contributed by atoms with E-state index in [0.29, 0.717) is 5.92 Å². The van der Waals surface area contributed by atoms with E-state index in [4.69, 9.17) is 0 Å². The molecule has 0 amide bonds. The Hall–Kier alpha value is -0.830. The Morgan fingerprint density at radius 2 is 2.15 bits per heavy atom. The van der Waals surface area contributed by atoms with Crippen molar-refractivity contribution >= 4 is 0 Å². The molecule has 20 heavy (non-hydrogen) atoms. The summed E-state index contributed by atoms with van der Waals surface area (Å²) in [5, 5.41) is 3.50. The van der Waals surface area contributed by atoms with Gasteiger partial charge in [0.1, 0.15) is 0 Å². The van der Waals surface area contributed by atoms with Crippen LogP contribution in [0.15, 0.2) is 12.5 Å². The highest BCUT2D eigenvalue weighted by molar-refractivity contribution is 5.08. The summed E-state index contributed by atoms with van der Waals surface area (Å²) >= 11 is 0. The summed E-state index contributed by atoms with van der Waals surface area (Å²) in [6, 6.07) is 0. The lowest BCUT2D eigenvalue weighted by Crippen LogP contribution is -2.29. The first-order chi connectivity index (χ1) is 9.77. The number of rotatable bonds is 8. The molecule has 2 rings (SSSR count). The van der Waals surface area contributed by atoms with E-state index in [1.807, 2.05) is 6.33 Å². The van der Waals surface area contributed by atoms with E-state index in [0.717, 1.165) is 19.0 Å². The van der Waals surface area contributed by atoms with E-state index in [1.54, 1.807) is 0 Å². The number of imidazole rings is 1. The summed E-state index contributed by atoms with van der Waals surface area (Å²) in [5.74, 6) is 1.53. The fraction of sp³-hybridized carbons (Fsp3) is 0.824. The summed E-state index contributed by atoms with van der Waals surface area (Å²) < 4.78 is 2.39. The van der Waals surface area contributed by atoms with E-state index < -0.39 is 0 Å². The third kappa shape index (κ3) is 4.93. The van der Waals surface area contributed by atoms with Crippen LogP contribution in [0.1, 0.15) is 70.4 Å². The molecule has 0 aliphatic carbocycles. The highest BCUT2D eigenvalue weighted by Crippen LogP contribution is 2.23. The standard InChI is InChI=1S/C17H31N3/c1-15(2)8-5-3-4-6-11-20-14-19-13-17(20)16-9-7-10-18-12-16/h13-16,18H,3-12H2,1-2H3. The van der Waals surface area contributed by atoms with Crippen LogP contribution in [0.2, 0.25) is 0 Å². The van der Waals surface area contributed by atoms with Gasteiger partial charge in [-0.1, -0.05) is 39.5 Å². The molecule has 0 bridgehead atoms. The van der Waals surface area contributed by atoms with E-state index >= 15 is 0 Å². The molecule has 1 aliphatic heterocycles. The molecular weight excluding hydrogens is 246 g/mol. The van der Waals surface area contributed by atoms with Crippen LogP contribution >= 0.6 is 0 Å². The fourth-order valence-electron chi connectivity index (χ4n) is 3.15. The van der Waals surface area contributed by atoms with Crippen LogP contribution in [0.5, 0.6) is 0 Å². The maximum Gasteiger partial charge on any atom is 0.0948 e. The summed E-state index contributed by atoms with van der Waals surface area (Å²) in [4.78, 5) is 4.37. The van der Waals surface area contributed by atoms with Gasteiger partial charge < -0.3 is 9.88 Å². The van der Waals surface area contributed by atoms with Crippen molar-refractivity contribution in [1.29, 1.82) is 0 Å². The first-order valence-corrected chi connectivity index (χ1v) is 8.48. The van der Waals surface area contributed by atoms with E-state index in [-0.39, 0.29) is 0 Å². The number of nitrogens with one attached hydrogen (secondary N) is 1. The van der Waals surface area contributed by atoms with Gasteiger partial charge >= 0.3 is 0 Å². The predicted molar refractivity (Wildman–Crippen MR) is 85.0 cm³/mol. The smallest absolute Gasteiger partial charge is 0.0948 e. The number of aryl methyl sites for hydroxylation is 1. The number of piperidine rings is 1. The maximum atomic E-state index is 4.37. The molecule has 1 fully saturated rings. The monoisotopic (exact) mass is 277 g/mol. The van der Waals surface area contributed by atoms with Crippen LogP contribution in [0.25, 0.3) is 0 Å². The first kappa shape index (κ1) is 15.6. The molecular formula is C17H31N3. The topological polar surface area (TPSA) is 29.9 Å². The van der Waals surface area contributed by atoms with Crippen LogP contribution < -0.4 is 5.32 Å². The zero-order valence-electron chi connectivity index (χ0n) is 13.3. The van der Waals surface area contributed by atoms with Crippen molar-refractivity contribution in [3.05, 3.63) is 18.2 Å². The molecule has 3 heteroatoms. The van der Waals surface area contributed by atoms with Crippen LogP contribution in [0.4, 0.5) is 0 Å². The Balaban J connectivity index is 1.69. The van der Waals surface area contributed by atoms with Crippen LogP contribution in [-0.4, -0.2) is 22.6 Å². The second-order valence-corrected chi connectivity index (χ2v) is 6.65. The number of hydrogen-bond acceptors (Lipinski definition) is 2. The zero-order valence-corrected chi connectivity index (χ0v) is 13.3. The van der Waals surface area contributed by atoms with Gasteiger partial charge in [0.15, 0.2) is 0 Å². The van der Waals surface area contributed by atoms with E-state index in [2.05, 4.69) is 34.9 Å². The highest BCUT2D eigenvalue weighted by atomic mass is 15.1. The lowest BCUT2D eigenvalue weighted by atomic mass is 9.96. The van der Waals surface area contributed by atoms with Gasteiger partial charge in [0.05, 0.1) is 6.33 Å². The van der Waals surface area contributed by atoms with Crippen molar-refractivity contribution in [3.8, 4) is 0 Å². The van der Waals surface area contributed by atoms with Crippen molar-refractivity contribution < 1.29 is 0 Å². The van der Waals surface area contributed by atoms with Crippen molar-refractivity contribution in [1.82, 2.24) is 14.9 Å². The molecule has 1 saturated heterocycles. The van der Waals surface area contributed by atoms with Crippen molar-refractivity contribution in [2.24, 2.45) is 5.92 Å². The summed E-state index contributed by atoms with van der Waals surface area (Å²) in [6.07, 6.45) is 13.5. The van der Waals surface area contributed by atoms with E-state index in [9.17, 15) is 0 Å². The largest absolute Gasteiger partial charge is 0.334 e. The van der Waals surface area contributed by atoms with Crippen LogP contribution in [0.3, 0.4) is 0 Å². The Labute approximate surface area is 124 Å². The molecule has 1 aromatic heterocycles. The average molecular weight is 277 g/mol. The molecule has 1 aliphatic rings. The second kappa shape index (κ2) is 8.46. The fourth-order valence-corrected chi connectivity index (χ4v) is 3.15. The molecule has 0 saturated carbocycles. The molecule has 114 valence electrons. The van der Waals surface area contributed by atoms with Crippen LogP contribution in [-0.2, 0) is 6.54 Å². The SMILES string of the molecule is CC(C)CCCCCCn1cncc1C1CCCNC1. The van der Waals surface area contributed by atoms with Gasteiger partial charge in [-0.15, -0.1) is 0 Å². The normalized spacial score (nSPS) is 19.6. The lowest BCUT2D eigenvalue weighted by molar-refractivity contribution is 0.434. The van der Waals surface area contributed by atoms with Gasteiger partial charge in [0, 0.05) is 30.9 Å². The van der Waals surface area contributed by atoms with Gasteiger partial charge in [-0.2, -0.15) is 0 Å². The summed E-state index contributed by atoms with van der Waals surface area (Å²) in [7, 11) is 0. The van der Waals surface area contributed by atoms with Gasteiger partial charge in [0.25, 0.3) is 0 Å². The van der Waals surface area contributed by atoms with Gasteiger partial charge in [-0.3, -0.25) is 0 Å². The molecule has 1 N–H and O–H groups in total. The number of nitrogens with zero attached hydrogens (tertiary/aromatic N) is 2. The lowest BCUT2D eigenvalue weighted by Gasteiger charge is -2.23. The van der Waals surface area contributed by atoms with E-state index in [1.165, 1.54) is 57.2 Å². The van der Waals surface area contributed by atoms with Crippen molar-refractivity contribution in [3.63, 3.8) is 0 Å². The van der Waals surface area contributed by atoms with Crippen molar-refractivity contribution in [2.75, 3.05) is 13.1 Å². The Morgan fingerprint density at radius 3 is 2.90 bits per heavy atom. The van der Waals surface area contributed by atoms with Gasteiger partial charge in [0.2, 0.25) is 0 Å². The Morgan fingerprint density at radius 1 is 1.30 bits per heavy atom. The minimum absolute atomic E-state index is 0.673. The molecule has 1 atom stereocenters. The zero-order chi connectivity index (χ0) is 14.2. The van der Waals surface area contributed by atoms with Crippen molar-refractivity contribution in [2.45, 2.75) is 71.3 Å². The molecule has 1 unspecified atom stereocenters. The predicted octanol–water partition coefficient (Wildman–Crippen LogP) is 3.96. The molecule has 3 nitrogen and oxygen atoms in total. The number of hydrogen-bond donors (Lipinski definition) is 1. The van der Waals surface area contributed by atoms with Crippen LogP contribution in [0, 0.1) is 5.92 Å². The summed E-state index contributed by atoms with van der Waals surface area (Å²) in [5.41, 5.74) is 1.44. The van der Waals surface area contributed by atoms with Gasteiger partial charge in [-0.05, 0) is 31.7 Å². The minimum Gasteiger partial charge on any atom is -0.334 e. The Kier molecular flexibility index (Phi) is 6.58. The highest BCUT2D eigenvalue weighted by Gasteiger charge is 2.18. The summed E-state index contributed by atoms with van der Waals surface area (Å²) in [6.45, 7) is 8.08. The maximum absolute atomic E-state index is 4.37. The molecule has 1 aromatic rings. The second-order valence-electron chi connectivity index (χ2n) is 6.65.